The monoisotopic (exact) mass is 231 g/mol. The highest BCUT2D eigenvalue weighted by molar-refractivity contribution is 6.99. The zero-order chi connectivity index (χ0) is 11.5. The van der Waals surface area contributed by atoms with Gasteiger partial charge in [-0.1, -0.05) is 20.8 Å². The van der Waals surface area contributed by atoms with Crippen LogP contribution in [0.3, 0.4) is 0 Å². The summed E-state index contributed by atoms with van der Waals surface area (Å²) >= 11 is 1.07. The Bertz CT molecular complexity index is 284. The molecular formula is C9H17N3O2S. The molecule has 5 nitrogen and oxygen atoms in total. The third-order valence-corrected chi connectivity index (χ3v) is 2.62. The lowest BCUT2D eigenvalue weighted by molar-refractivity contribution is 0.0483. The summed E-state index contributed by atoms with van der Waals surface area (Å²) < 4.78 is 12.9. The Morgan fingerprint density at radius 1 is 1.60 bits per heavy atom. The standard InChI is InChI=1S/C9H17N3O2S/c1-9(2,3)8(10)6(13)5-14-7-4-11-15-12-7/h4,6,8,13H,5,10H2,1-3H3. The SMILES string of the molecule is CC(C)(C)C(N)C(O)COc1cnsn1. The first-order valence-electron chi connectivity index (χ1n) is 4.75. The predicted molar refractivity (Wildman–Crippen MR) is 58.8 cm³/mol. The summed E-state index contributed by atoms with van der Waals surface area (Å²) in [5.41, 5.74) is 5.72. The van der Waals surface area contributed by atoms with E-state index >= 15 is 0 Å². The van der Waals surface area contributed by atoms with Crippen LogP contribution in [0.1, 0.15) is 20.8 Å². The van der Waals surface area contributed by atoms with Crippen molar-refractivity contribution in [3.8, 4) is 5.88 Å². The van der Waals surface area contributed by atoms with Crippen LogP contribution in [-0.2, 0) is 0 Å². The predicted octanol–water partition coefficient (Wildman–Crippen LogP) is 0.651. The minimum absolute atomic E-state index is 0.143. The summed E-state index contributed by atoms with van der Waals surface area (Å²) in [6.07, 6.45) is 0.812. The molecule has 0 fully saturated rings. The molecule has 0 bridgehead atoms. The maximum Gasteiger partial charge on any atom is 0.245 e. The molecule has 0 radical (unpaired) electrons. The molecule has 0 amide bonds. The van der Waals surface area contributed by atoms with Gasteiger partial charge < -0.3 is 15.6 Å². The van der Waals surface area contributed by atoms with Gasteiger partial charge in [-0.25, -0.2) is 0 Å². The molecule has 0 aromatic carbocycles. The second-order valence-corrected chi connectivity index (χ2v) is 5.07. The third kappa shape index (κ3) is 3.73. The van der Waals surface area contributed by atoms with E-state index in [1.807, 2.05) is 20.8 Å². The molecule has 15 heavy (non-hydrogen) atoms. The summed E-state index contributed by atoms with van der Waals surface area (Å²) in [4.78, 5) is 0. The van der Waals surface area contributed by atoms with Crippen molar-refractivity contribution < 1.29 is 9.84 Å². The van der Waals surface area contributed by atoms with Crippen LogP contribution in [0.15, 0.2) is 6.20 Å². The van der Waals surface area contributed by atoms with Crippen LogP contribution in [0.4, 0.5) is 0 Å². The second-order valence-electron chi connectivity index (χ2n) is 4.52. The Labute approximate surface area is 93.6 Å². The maximum absolute atomic E-state index is 9.76. The van der Waals surface area contributed by atoms with Gasteiger partial charge in [0, 0.05) is 6.04 Å². The molecular weight excluding hydrogens is 214 g/mol. The van der Waals surface area contributed by atoms with Crippen molar-refractivity contribution in [3.05, 3.63) is 6.20 Å². The van der Waals surface area contributed by atoms with Gasteiger partial charge in [-0.2, -0.15) is 4.37 Å². The van der Waals surface area contributed by atoms with Crippen LogP contribution in [0, 0.1) is 5.41 Å². The van der Waals surface area contributed by atoms with Crippen molar-refractivity contribution in [2.45, 2.75) is 32.9 Å². The Kier molecular flexibility index (Phi) is 4.01. The van der Waals surface area contributed by atoms with Gasteiger partial charge in [0.2, 0.25) is 5.88 Å². The van der Waals surface area contributed by atoms with Crippen LogP contribution in [0.2, 0.25) is 0 Å². The molecule has 2 unspecified atom stereocenters. The van der Waals surface area contributed by atoms with Crippen molar-refractivity contribution in [2.75, 3.05) is 6.61 Å². The van der Waals surface area contributed by atoms with E-state index < -0.39 is 6.10 Å². The van der Waals surface area contributed by atoms with Gasteiger partial charge >= 0.3 is 0 Å². The van der Waals surface area contributed by atoms with E-state index in [0.717, 1.165) is 11.7 Å². The van der Waals surface area contributed by atoms with Gasteiger partial charge in [-0.3, -0.25) is 0 Å². The number of aliphatic hydroxyl groups is 1. The number of aromatic nitrogens is 2. The number of aliphatic hydroxyl groups excluding tert-OH is 1. The molecule has 2 atom stereocenters. The lowest BCUT2D eigenvalue weighted by atomic mass is 9.84. The van der Waals surface area contributed by atoms with Gasteiger partial charge in [0.05, 0.1) is 11.7 Å². The van der Waals surface area contributed by atoms with E-state index in [2.05, 4.69) is 8.75 Å². The van der Waals surface area contributed by atoms with Crippen LogP contribution in [0.25, 0.3) is 0 Å². The second kappa shape index (κ2) is 4.87. The fraction of sp³-hybridized carbons (Fsp3) is 0.778. The summed E-state index contributed by atoms with van der Waals surface area (Å²) in [6.45, 7) is 6.08. The normalized spacial score (nSPS) is 16.1. The number of nitrogens with zero attached hydrogens (tertiary/aromatic N) is 2. The average Bonchev–Trinajstić information content (AvgIpc) is 2.63. The topological polar surface area (TPSA) is 81.3 Å². The van der Waals surface area contributed by atoms with Gasteiger partial charge in [0.25, 0.3) is 0 Å². The maximum atomic E-state index is 9.76. The van der Waals surface area contributed by atoms with E-state index in [9.17, 15) is 5.11 Å². The zero-order valence-electron chi connectivity index (χ0n) is 9.17. The molecule has 0 aliphatic heterocycles. The molecule has 0 aliphatic rings. The number of hydrogen-bond donors (Lipinski definition) is 2. The molecule has 1 heterocycles. The Balaban J connectivity index is 2.39. The fourth-order valence-corrected chi connectivity index (χ4v) is 1.44. The molecule has 1 aromatic heterocycles. The van der Waals surface area contributed by atoms with Crippen LogP contribution in [0.5, 0.6) is 5.88 Å². The van der Waals surface area contributed by atoms with Gasteiger partial charge in [-0.05, 0) is 5.41 Å². The number of rotatable bonds is 4. The molecule has 86 valence electrons. The van der Waals surface area contributed by atoms with E-state index in [4.69, 9.17) is 10.5 Å². The van der Waals surface area contributed by atoms with Gasteiger partial charge in [-0.15, -0.1) is 4.37 Å². The van der Waals surface area contributed by atoms with Crippen molar-refractivity contribution >= 4 is 11.7 Å². The molecule has 0 aliphatic carbocycles. The molecule has 0 saturated heterocycles. The van der Waals surface area contributed by atoms with E-state index in [1.54, 1.807) is 0 Å². The number of ether oxygens (including phenoxy) is 1. The minimum atomic E-state index is -0.702. The summed E-state index contributed by atoms with van der Waals surface area (Å²) in [5, 5.41) is 9.76. The van der Waals surface area contributed by atoms with E-state index in [0.29, 0.717) is 5.88 Å². The quantitative estimate of drug-likeness (QED) is 0.795. The zero-order valence-corrected chi connectivity index (χ0v) is 9.99. The molecule has 0 spiro atoms. The largest absolute Gasteiger partial charge is 0.473 e. The highest BCUT2D eigenvalue weighted by Gasteiger charge is 2.28. The number of nitrogens with two attached hydrogens (primary N) is 1. The highest BCUT2D eigenvalue weighted by atomic mass is 32.1. The lowest BCUT2D eigenvalue weighted by Crippen LogP contribution is -2.47. The minimum Gasteiger partial charge on any atom is -0.473 e. The van der Waals surface area contributed by atoms with Crippen LogP contribution in [-0.4, -0.2) is 32.6 Å². The highest BCUT2D eigenvalue weighted by Crippen LogP contribution is 2.20. The van der Waals surface area contributed by atoms with Crippen molar-refractivity contribution in [2.24, 2.45) is 11.1 Å². The lowest BCUT2D eigenvalue weighted by Gasteiger charge is -2.30. The van der Waals surface area contributed by atoms with Gasteiger partial charge in [0.15, 0.2) is 0 Å². The molecule has 3 N–H and O–H groups in total. The smallest absolute Gasteiger partial charge is 0.245 e. The third-order valence-electron chi connectivity index (χ3n) is 2.16. The Morgan fingerprint density at radius 3 is 2.73 bits per heavy atom. The Morgan fingerprint density at radius 2 is 2.27 bits per heavy atom. The molecule has 0 saturated carbocycles. The first-order chi connectivity index (χ1) is 6.91. The molecule has 1 rings (SSSR count). The van der Waals surface area contributed by atoms with Crippen LogP contribution >= 0.6 is 11.7 Å². The van der Waals surface area contributed by atoms with Crippen LogP contribution < -0.4 is 10.5 Å². The summed E-state index contributed by atoms with van der Waals surface area (Å²) in [5.74, 6) is 0.431. The van der Waals surface area contributed by atoms with Crippen molar-refractivity contribution in [1.82, 2.24) is 8.75 Å². The van der Waals surface area contributed by atoms with Crippen molar-refractivity contribution in [1.29, 1.82) is 0 Å². The first-order valence-corrected chi connectivity index (χ1v) is 5.48. The summed E-state index contributed by atoms with van der Waals surface area (Å²) in [7, 11) is 0. The van der Waals surface area contributed by atoms with E-state index in [-0.39, 0.29) is 18.1 Å². The fourth-order valence-electron chi connectivity index (χ4n) is 1.07. The molecule has 1 aromatic rings. The Hall–Kier alpha value is -0.720. The molecule has 6 heteroatoms. The first kappa shape index (κ1) is 12.4. The van der Waals surface area contributed by atoms with Crippen molar-refractivity contribution in [3.63, 3.8) is 0 Å². The average molecular weight is 231 g/mol. The summed E-state index contributed by atoms with van der Waals surface area (Å²) in [6, 6.07) is -0.330. The van der Waals surface area contributed by atoms with E-state index in [1.165, 1.54) is 6.20 Å². The van der Waals surface area contributed by atoms with Gasteiger partial charge in [0.1, 0.15) is 18.9 Å². The number of hydrogen-bond acceptors (Lipinski definition) is 6.